The highest BCUT2D eigenvalue weighted by molar-refractivity contribution is 5.90. The second-order valence-corrected chi connectivity index (χ2v) is 9.38. The topological polar surface area (TPSA) is 90.6 Å². The van der Waals surface area contributed by atoms with Gasteiger partial charge in [-0.05, 0) is 38.0 Å². The van der Waals surface area contributed by atoms with Crippen molar-refractivity contribution in [3.05, 3.63) is 48.3 Å². The van der Waals surface area contributed by atoms with E-state index >= 15 is 0 Å². The Balaban J connectivity index is 1.47. The van der Waals surface area contributed by atoms with E-state index in [0.29, 0.717) is 5.92 Å². The lowest BCUT2D eigenvalue weighted by Gasteiger charge is -2.34. The van der Waals surface area contributed by atoms with Gasteiger partial charge in [0.05, 0.1) is 18.8 Å². The van der Waals surface area contributed by atoms with Gasteiger partial charge >= 0.3 is 0 Å². The van der Waals surface area contributed by atoms with E-state index in [1.165, 1.54) is 11.3 Å². The zero-order valence-electron chi connectivity index (χ0n) is 19.2. The fourth-order valence-corrected chi connectivity index (χ4v) is 5.13. The maximum absolute atomic E-state index is 5.43. The van der Waals surface area contributed by atoms with Crippen molar-refractivity contribution >= 4 is 16.9 Å². The van der Waals surface area contributed by atoms with Gasteiger partial charge in [0.2, 0.25) is 0 Å². The number of ether oxygens (including phenoxy) is 1. The van der Waals surface area contributed by atoms with Crippen molar-refractivity contribution in [3.63, 3.8) is 0 Å². The molecule has 33 heavy (non-hydrogen) atoms. The summed E-state index contributed by atoms with van der Waals surface area (Å²) in [6.07, 6.45) is 6.40. The molecule has 6 rings (SSSR count). The Labute approximate surface area is 192 Å². The third-order valence-electron chi connectivity index (χ3n) is 6.95. The number of fused-ring (bicyclic) bond motifs is 2. The lowest BCUT2D eigenvalue weighted by Crippen LogP contribution is -2.36. The molecular formula is C25H27N7O. The number of nitrogens with zero attached hydrogens (tertiary/aromatic N) is 6. The number of aromatic nitrogens is 6. The molecule has 0 amide bonds. The molecule has 168 valence electrons. The van der Waals surface area contributed by atoms with Gasteiger partial charge in [0.25, 0.3) is 0 Å². The summed E-state index contributed by atoms with van der Waals surface area (Å²) >= 11 is 0. The van der Waals surface area contributed by atoms with Crippen LogP contribution in [0.5, 0.6) is 0 Å². The van der Waals surface area contributed by atoms with Gasteiger partial charge in [0, 0.05) is 48.1 Å². The van der Waals surface area contributed by atoms with Crippen LogP contribution in [0.15, 0.2) is 36.9 Å². The van der Waals surface area contributed by atoms with E-state index in [1.807, 2.05) is 19.3 Å². The number of hydrogen-bond acceptors (Lipinski definition) is 7. The monoisotopic (exact) mass is 441 g/mol. The lowest BCUT2D eigenvalue weighted by molar-refractivity contribution is -0.0435. The van der Waals surface area contributed by atoms with Crippen molar-refractivity contribution in [2.75, 3.05) is 25.1 Å². The van der Waals surface area contributed by atoms with Crippen LogP contribution in [0.3, 0.4) is 0 Å². The minimum atomic E-state index is 0.0825. The normalized spacial score (nSPS) is 20.0. The lowest BCUT2D eigenvalue weighted by atomic mass is 9.76. The molecule has 3 aromatic heterocycles. The van der Waals surface area contributed by atoms with Crippen molar-refractivity contribution in [2.24, 2.45) is 5.92 Å². The molecule has 0 bridgehead atoms. The number of nitrogens with one attached hydrogen (secondary N) is 1. The van der Waals surface area contributed by atoms with E-state index in [-0.39, 0.29) is 5.41 Å². The largest absolute Gasteiger partial charge is 0.384 e. The van der Waals surface area contributed by atoms with Crippen molar-refractivity contribution < 1.29 is 4.74 Å². The molecule has 5 heterocycles. The zero-order chi connectivity index (χ0) is 22.6. The molecule has 1 unspecified atom stereocenters. The fourth-order valence-electron chi connectivity index (χ4n) is 5.13. The van der Waals surface area contributed by atoms with E-state index in [1.54, 1.807) is 6.33 Å². The first-order valence-corrected chi connectivity index (χ1v) is 11.5. The SMILES string of the molecule is CCn1c(-c2cnc(C)nc2)nc2c(-c3ccc4c(c3)C(C)(CC3COC3)CN4)ncnc21. The smallest absolute Gasteiger partial charge is 0.164 e. The molecule has 0 radical (unpaired) electrons. The molecule has 0 spiro atoms. The maximum atomic E-state index is 5.43. The molecule has 2 aliphatic heterocycles. The van der Waals surface area contributed by atoms with Crippen LogP contribution >= 0.6 is 0 Å². The number of imidazole rings is 1. The fraction of sp³-hybridized carbons (Fsp3) is 0.400. The first-order chi connectivity index (χ1) is 16.1. The van der Waals surface area contributed by atoms with Gasteiger partial charge in [0.15, 0.2) is 5.65 Å². The summed E-state index contributed by atoms with van der Waals surface area (Å²) in [6.45, 7) is 9.76. The molecule has 1 atom stereocenters. The van der Waals surface area contributed by atoms with E-state index in [2.05, 4.69) is 61.9 Å². The number of aryl methyl sites for hydroxylation is 2. The van der Waals surface area contributed by atoms with Crippen LogP contribution in [0.2, 0.25) is 0 Å². The van der Waals surface area contributed by atoms with Crippen LogP contribution in [0.25, 0.3) is 33.8 Å². The summed E-state index contributed by atoms with van der Waals surface area (Å²) in [7, 11) is 0. The van der Waals surface area contributed by atoms with Crippen LogP contribution in [-0.4, -0.2) is 49.2 Å². The van der Waals surface area contributed by atoms with Crippen LogP contribution in [-0.2, 0) is 16.7 Å². The van der Waals surface area contributed by atoms with Gasteiger partial charge in [-0.2, -0.15) is 0 Å². The molecule has 1 fully saturated rings. The van der Waals surface area contributed by atoms with Crippen molar-refractivity contribution in [1.82, 2.24) is 29.5 Å². The third kappa shape index (κ3) is 3.28. The average Bonchev–Trinajstić information content (AvgIpc) is 3.34. The van der Waals surface area contributed by atoms with Gasteiger partial charge in [-0.1, -0.05) is 13.0 Å². The van der Waals surface area contributed by atoms with Gasteiger partial charge in [-0.15, -0.1) is 0 Å². The Kier molecular flexibility index (Phi) is 4.65. The third-order valence-corrected chi connectivity index (χ3v) is 6.95. The Morgan fingerprint density at radius 2 is 1.94 bits per heavy atom. The van der Waals surface area contributed by atoms with Crippen LogP contribution in [0.4, 0.5) is 5.69 Å². The van der Waals surface area contributed by atoms with E-state index in [9.17, 15) is 0 Å². The Bertz CT molecular complexity index is 1340. The average molecular weight is 442 g/mol. The summed E-state index contributed by atoms with van der Waals surface area (Å²) in [4.78, 5) is 23.0. The Morgan fingerprint density at radius 3 is 2.67 bits per heavy atom. The standard InChI is InChI=1S/C25H27N7O/c1-4-32-23(18-9-26-15(2)27-10-18)31-22-21(29-14-30-24(22)32)17-5-6-20-19(7-17)25(3,13-28-20)8-16-11-33-12-16/h5-7,9-10,14,16,28H,4,8,11-13H2,1-3H3. The number of hydrogen-bond donors (Lipinski definition) is 1. The molecule has 1 saturated heterocycles. The highest BCUT2D eigenvalue weighted by atomic mass is 16.5. The number of benzene rings is 1. The zero-order valence-corrected chi connectivity index (χ0v) is 19.2. The van der Waals surface area contributed by atoms with Crippen LogP contribution < -0.4 is 5.32 Å². The highest BCUT2D eigenvalue weighted by Gasteiger charge is 2.38. The summed E-state index contributed by atoms with van der Waals surface area (Å²) in [5.74, 6) is 2.19. The van der Waals surface area contributed by atoms with E-state index in [4.69, 9.17) is 9.72 Å². The number of anilines is 1. The minimum Gasteiger partial charge on any atom is -0.384 e. The second-order valence-electron chi connectivity index (χ2n) is 9.38. The highest BCUT2D eigenvalue weighted by Crippen LogP contribution is 2.44. The molecule has 8 heteroatoms. The van der Waals surface area contributed by atoms with Crippen LogP contribution in [0.1, 0.15) is 31.7 Å². The molecule has 8 nitrogen and oxygen atoms in total. The van der Waals surface area contributed by atoms with E-state index in [0.717, 1.165) is 72.4 Å². The van der Waals surface area contributed by atoms with E-state index < -0.39 is 0 Å². The molecule has 4 aromatic rings. The molecule has 2 aliphatic rings. The van der Waals surface area contributed by atoms with Crippen molar-refractivity contribution in [1.29, 1.82) is 0 Å². The molecule has 1 aromatic carbocycles. The van der Waals surface area contributed by atoms with Crippen molar-refractivity contribution in [3.8, 4) is 22.6 Å². The second kappa shape index (κ2) is 7.59. The van der Waals surface area contributed by atoms with Crippen LogP contribution in [0, 0.1) is 12.8 Å². The summed E-state index contributed by atoms with van der Waals surface area (Å²) in [6, 6.07) is 6.59. The molecule has 0 saturated carbocycles. The molecule has 0 aliphatic carbocycles. The predicted octanol–water partition coefficient (Wildman–Crippen LogP) is 4.00. The van der Waals surface area contributed by atoms with Gasteiger partial charge in [-0.3, -0.25) is 0 Å². The Hall–Kier alpha value is -3.39. The number of rotatable bonds is 5. The van der Waals surface area contributed by atoms with Gasteiger partial charge in [-0.25, -0.2) is 24.9 Å². The Morgan fingerprint density at radius 1 is 1.12 bits per heavy atom. The van der Waals surface area contributed by atoms with Crippen molar-refractivity contribution in [2.45, 2.75) is 39.2 Å². The maximum Gasteiger partial charge on any atom is 0.164 e. The summed E-state index contributed by atoms with van der Waals surface area (Å²) in [5, 5.41) is 3.60. The summed E-state index contributed by atoms with van der Waals surface area (Å²) in [5.41, 5.74) is 7.06. The quantitative estimate of drug-likeness (QED) is 0.501. The molecule has 1 N–H and O–H groups in total. The molecular weight excluding hydrogens is 414 g/mol. The summed E-state index contributed by atoms with van der Waals surface area (Å²) < 4.78 is 7.53. The first kappa shape index (κ1) is 20.2. The minimum absolute atomic E-state index is 0.0825. The van der Waals surface area contributed by atoms with Gasteiger partial charge in [0.1, 0.15) is 29.2 Å². The predicted molar refractivity (Wildman–Crippen MR) is 127 cm³/mol. The first-order valence-electron chi connectivity index (χ1n) is 11.5. The van der Waals surface area contributed by atoms with Gasteiger partial charge < -0.3 is 14.6 Å².